The van der Waals surface area contributed by atoms with E-state index in [4.69, 9.17) is 9.15 Å². The lowest BCUT2D eigenvalue weighted by molar-refractivity contribution is 0.0917. The van der Waals surface area contributed by atoms with Crippen LogP contribution in [0.5, 0.6) is 11.5 Å². The molecule has 3 amide bonds. The van der Waals surface area contributed by atoms with Gasteiger partial charge in [-0.05, 0) is 75.3 Å². The zero-order valence-electron chi connectivity index (χ0n) is 22.1. The maximum Gasteiger partial charge on any atom is 0.331 e. The lowest BCUT2D eigenvalue weighted by Crippen LogP contribution is -2.46. The van der Waals surface area contributed by atoms with Crippen molar-refractivity contribution in [2.75, 3.05) is 30.4 Å². The summed E-state index contributed by atoms with van der Waals surface area (Å²) in [6.07, 6.45) is 5.30. The number of furan rings is 1. The van der Waals surface area contributed by atoms with Gasteiger partial charge in [-0.25, -0.2) is 9.78 Å². The van der Waals surface area contributed by atoms with Crippen LogP contribution in [0.1, 0.15) is 28.1 Å². The Kier molecular flexibility index (Phi) is 5.94. The van der Waals surface area contributed by atoms with E-state index in [1.165, 1.54) is 11.3 Å². The number of nitrogens with zero attached hydrogens (tertiary/aromatic N) is 3. The number of thiophene rings is 1. The highest BCUT2D eigenvalue weighted by molar-refractivity contribution is 7.21. The molecule has 1 unspecified atom stereocenters. The fraction of sp³-hybridized carbons (Fsp3) is 0.233. The number of carbonyl (C=O) groups excluding carboxylic acids is 2. The van der Waals surface area contributed by atoms with Crippen molar-refractivity contribution in [3.63, 3.8) is 0 Å². The van der Waals surface area contributed by atoms with Gasteiger partial charge in [-0.1, -0.05) is 12.1 Å². The van der Waals surface area contributed by atoms with E-state index < -0.39 is 0 Å². The number of likely N-dealkylation sites (N-methyl/N-ethyl adjacent to an activating group) is 1. The Morgan fingerprint density at radius 3 is 2.95 bits per heavy atom. The minimum atomic E-state index is -0.332. The summed E-state index contributed by atoms with van der Waals surface area (Å²) in [6, 6.07) is 14.8. The fourth-order valence-corrected chi connectivity index (χ4v) is 6.66. The van der Waals surface area contributed by atoms with E-state index in [9.17, 15) is 9.59 Å². The first-order chi connectivity index (χ1) is 19.5. The average molecular weight is 554 g/mol. The van der Waals surface area contributed by atoms with Crippen LogP contribution in [0, 0.1) is 6.92 Å². The molecule has 2 aliphatic rings. The van der Waals surface area contributed by atoms with Crippen molar-refractivity contribution < 1.29 is 18.7 Å². The third-order valence-corrected chi connectivity index (χ3v) is 8.59. The summed E-state index contributed by atoms with van der Waals surface area (Å²) in [5, 5.41) is 7.88. The molecule has 2 N–H and O–H groups in total. The molecule has 0 spiro atoms. The molecular weight excluding hydrogens is 526 g/mol. The Balaban J connectivity index is 1.21. The number of benzene rings is 2. The molecule has 1 saturated heterocycles. The van der Waals surface area contributed by atoms with Crippen LogP contribution < -0.4 is 20.3 Å². The van der Waals surface area contributed by atoms with Crippen LogP contribution in [0.4, 0.5) is 21.9 Å². The number of hydrogen-bond donors (Lipinski definition) is 2. The second-order valence-corrected chi connectivity index (χ2v) is 11.3. The van der Waals surface area contributed by atoms with Crippen LogP contribution >= 0.6 is 11.3 Å². The van der Waals surface area contributed by atoms with Gasteiger partial charge in [0, 0.05) is 24.2 Å². The molecule has 1 fully saturated rings. The van der Waals surface area contributed by atoms with Gasteiger partial charge in [0.05, 0.1) is 28.7 Å². The van der Waals surface area contributed by atoms with Crippen molar-refractivity contribution in [1.82, 2.24) is 15.2 Å². The number of piperidine rings is 1. The largest absolute Gasteiger partial charge is 0.460 e. The molecule has 5 aromatic rings. The molecule has 1 atom stereocenters. The number of urea groups is 1. The van der Waals surface area contributed by atoms with E-state index >= 15 is 0 Å². The number of amides is 3. The molecule has 0 radical (unpaired) electrons. The Morgan fingerprint density at radius 2 is 2.10 bits per heavy atom. The highest BCUT2D eigenvalue weighted by atomic mass is 32.1. The van der Waals surface area contributed by atoms with Gasteiger partial charge in [-0.2, -0.15) is 0 Å². The Labute approximate surface area is 234 Å². The lowest BCUT2D eigenvalue weighted by Gasteiger charge is -2.31. The SMILES string of the molecule is Cc1cc(Oc2cccc3ccoc23)ccc1N1C(=O)Nc2c(C(=O)NC3CCCN(C)C3)sc3nccc1c23. The highest BCUT2D eigenvalue weighted by Gasteiger charge is 2.34. The molecular formula is C30H27N5O4S. The minimum absolute atomic E-state index is 0.0787. The quantitative estimate of drug-likeness (QED) is 0.253. The second kappa shape index (κ2) is 9.65. The number of likely N-dealkylation sites (tertiary alicyclic amines) is 1. The number of rotatable bonds is 5. The predicted molar refractivity (Wildman–Crippen MR) is 156 cm³/mol. The maximum atomic E-state index is 13.6. The number of aromatic nitrogens is 1. The molecule has 5 heterocycles. The molecule has 2 aromatic carbocycles. The molecule has 202 valence electrons. The normalized spacial score (nSPS) is 17.3. The number of nitrogens with one attached hydrogen (secondary N) is 2. The van der Waals surface area contributed by atoms with Gasteiger partial charge < -0.3 is 24.7 Å². The van der Waals surface area contributed by atoms with Gasteiger partial charge in [0.2, 0.25) is 0 Å². The third kappa shape index (κ3) is 4.16. The molecule has 9 nitrogen and oxygen atoms in total. The van der Waals surface area contributed by atoms with E-state index in [0.29, 0.717) is 43.9 Å². The molecule has 10 heteroatoms. The number of fused-ring (bicyclic) bond motifs is 1. The van der Waals surface area contributed by atoms with E-state index in [-0.39, 0.29) is 18.0 Å². The first kappa shape index (κ1) is 24.6. The monoisotopic (exact) mass is 553 g/mol. The minimum Gasteiger partial charge on any atom is -0.460 e. The van der Waals surface area contributed by atoms with E-state index in [1.54, 1.807) is 17.4 Å². The number of para-hydroxylation sites is 1. The van der Waals surface area contributed by atoms with Gasteiger partial charge >= 0.3 is 6.03 Å². The standard InChI is InChI=1S/C30H27N5O4S/c1-17-15-20(39-23-7-3-5-18-11-14-38-26(18)23)8-9-21(17)35-22-10-12-31-29-24(22)25(33-30(35)37)27(40-29)28(36)32-19-6-4-13-34(2)16-19/h3,5,7-12,14-15,19H,4,6,13,16H2,1-2H3,(H,32,36)(H,33,37). The van der Waals surface area contributed by atoms with E-state index in [0.717, 1.165) is 42.3 Å². The average Bonchev–Trinajstić information content (AvgIpc) is 3.56. The molecule has 3 aromatic heterocycles. The smallest absolute Gasteiger partial charge is 0.331 e. The zero-order chi connectivity index (χ0) is 27.4. The summed E-state index contributed by atoms with van der Waals surface area (Å²) in [4.78, 5) is 36.5. The first-order valence-corrected chi connectivity index (χ1v) is 14.0. The topological polar surface area (TPSA) is 99.9 Å². The first-order valence-electron chi connectivity index (χ1n) is 13.2. The van der Waals surface area contributed by atoms with Crippen molar-refractivity contribution >= 4 is 61.5 Å². The summed E-state index contributed by atoms with van der Waals surface area (Å²) >= 11 is 1.30. The van der Waals surface area contributed by atoms with Crippen LogP contribution in [0.15, 0.2) is 65.4 Å². The summed E-state index contributed by atoms with van der Waals surface area (Å²) in [5.41, 5.74) is 3.45. The van der Waals surface area contributed by atoms with Crippen LogP contribution in [0.3, 0.4) is 0 Å². The van der Waals surface area contributed by atoms with Crippen LogP contribution in [0.25, 0.3) is 21.2 Å². The predicted octanol–water partition coefficient (Wildman–Crippen LogP) is 6.65. The zero-order valence-corrected chi connectivity index (χ0v) is 22.9. The van der Waals surface area contributed by atoms with Crippen LogP contribution in [-0.2, 0) is 0 Å². The Hall–Kier alpha value is -4.41. The van der Waals surface area contributed by atoms with Gasteiger partial charge in [-0.3, -0.25) is 9.69 Å². The van der Waals surface area contributed by atoms with Crippen molar-refractivity contribution in [2.45, 2.75) is 25.8 Å². The number of ether oxygens (including phenoxy) is 1. The molecule has 0 bridgehead atoms. The summed E-state index contributed by atoms with van der Waals surface area (Å²) in [5.74, 6) is 1.07. The van der Waals surface area contributed by atoms with Crippen molar-refractivity contribution in [1.29, 1.82) is 0 Å². The van der Waals surface area contributed by atoms with E-state index in [2.05, 4.69) is 27.6 Å². The Bertz CT molecular complexity index is 1790. The summed E-state index contributed by atoms with van der Waals surface area (Å²) < 4.78 is 11.7. The Morgan fingerprint density at radius 1 is 1.20 bits per heavy atom. The second-order valence-electron chi connectivity index (χ2n) is 10.3. The molecule has 2 aliphatic heterocycles. The van der Waals surface area contributed by atoms with Gasteiger partial charge in [-0.15, -0.1) is 11.3 Å². The van der Waals surface area contributed by atoms with Gasteiger partial charge in [0.25, 0.3) is 5.91 Å². The number of carbonyl (C=O) groups is 2. The van der Waals surface area contributed by atoms with Gasteiger partial charge in [0.1, 0.15) is 15.5 Å². The summed E-state index contributed by atoms with van der Waals surface area (Å²) in [7, 11) is 2.06. The lowest BCUT2D eigenvalue weighted by atomic mass is 10.1. The number of hydrogen-bond acceptors (Lipinski definition) is 7. The molecule has 40 heavy (non-hydrogen) atoms. The van der Waals surface area contributed by atoms with Crippen molar-refractivity contribution in [3.8, 4) is 11.5 Å². The fourth-order valence-electron chi connectivity index (χ4n) is 5.63. The van der Waals surface area contributed by atoms with Gasteiger partial charge in [0.15, 0.2) is 11.3 Å². The van der Waals surface area contributed by atoms with Crippen LogP contribution in [0.2, 0.25) is 0 Å². The van der Waals surface area contributed by atoms with Crippen LogP contribution in [-0.4, -0.2) is 48.0 Å². The van der Waals surface area contributed by atoms with E-state index in [1.807, 2.05) is 55.5 Å². The maximum absolute atomic E-state index is 13.6. The molecule has 7 rings (SSSR count). The van der Waals surface area contributed by atoms with Crippen molar-refractivity contribution in [3.05, 3.63) is 71.4 Å². The van der Waals surface area contributed by atoms with Crippen molar-refractivity contribution in [2.24, 2.45) is 0 Å². The third-order valence-electron chi connectivity index (χ3n) is 7.49. The number of anilines is 3. The highest BCUT2D eigenvalue weighted by Crippen LogP contribution is 2.46. The number of aryl methyl sites for hydroxylation is 1. The molecule has 0 aliphatic carbocycles. The summed E-state index contributed by atoms with van der Waals surface area (Å²) in [6.45, 7) is 3.78. The number of pyridine rings is 1. The molecule has 0 saturated carbocycles.